The fourth-order valence-corrected chi connectivity index (χ4v) is 3.36. The van der Waals surface area contributed by atoms with Gasteiger partial charge in [-0.25, -0.2) is 0 Å². The number of nitro benzene ring substituents is 1. The highest BCUT2D eigenvalue weighted by Gasteiger charge is 2.07. The maximum atomic E-state index is 12.0. The van der Waals surface area contributed by atoms with E-state index in [1.54, 1.807) is 12.1 Å². The van der Waals surface area contributed by atoms with Gasteiger partial charge in [0.15, 0.2) is 0 Å². The van der Waals surface area contributed by atoms with Gasteiger partial charge in [-0.05, 0) is 58.8 Å². The Balaban J connectivity index is 1.81. The van der Waals surface area contributed by atoms with Crippen molar-refractivity contribution in [3.8, 4) is 0 Å². The number of nitrogens with one attached hydrogen (secondary N) is 1. The Morgan fingerprint density at radius 2 is 1.96 bits per heavy atom. The lowest BCUT2D eigenvalue weighted by atomic mass is 10.2. The lowest BCUT2D eigenvalue weighted by Crippen LogP contribution is -2.15. The Kier molecular flexibility index (Phi) is 6.40. The average Bonchev–Trinajstić information content (AvgIpc) is 2.50. The lowest BCUT2D eigenvalue weighted by molar-refractivity contribution is -0.384. The van der Waals surface area contributed by atoms with E-state index in [9.17, 15) is 14.9 Å². The zero-order valence-corrected chi connectivity index (χ0v) is 15.4. The summed E-state index contributed by atoms with van der Waals surface area (Å²) in [4.78, 5) is 22.1. The van der Waals surface area contributed by atoms with Crippen molar-refractivity contribution in [1.82, 2.24) is 0 Å². The number of carbonyl (C=O) groups is 1. The summed E-state index contributed by atoms with van der Waals surface area (Å²) < 4.78 is 1.13. The number of benzene rings is 2. The Labute approximate surface area is 152 Å². The number of nitro groups is 1. The number of aryl methyl sites for hydroxylation is 1. The van der Waals surface area contributed by atoms with Crippen molar-refractivity contribution < 1.29 is 9.72 Å². The summed E-state index contributed by atoms with van der Waals surface area (Å²) in [5, 5.41) is 13.5. The summed E-state index contributed by atoms with van der Waals surface area (Å²) in [7, 11) is 0. The van der Waals surface area contributed by atoms with E-state index in [0.717, 1.165) is 20.4 Å². The second-order valence-electron chi connectivity index (χ2n) is 4.92. The van der Waals surface area contributed by atoms with Gasteiger partial charge in [-0.1, -0.05) is 12.1 Å². The number of thioether (sulfide) groups is 1. The Bertz CT molecular complexity index is 720. The molecule has 0 aromatic heterocycles. The molecule has 2 aromatic carbocycles. The molecule has 2 rings (SSSR count). The van der Waals surface area contributed by atoms with E-state index in [2.05, 4.69) is 27.9 Å². The van der Waals surface area contributed by atoms with E-state index in [-0.39, 0.29) is 11.6 Å². The van der Waals surface area contributed by atoms with Crippen LogP contribution in [0.4, 0.5) is 11.4 Å². The van der Waals surface area contributed by atoms with Crippen molar-refractivity contribution in [2.75, 3.05) is 11.1 Å². The number of nitrogens with zero attached hydrogens (tertiary/aromatic N) is 1. The highest BCUT2D eigenvalue weighted by atomic mass is 127. The van der Waals surface area contributed by atoms with E-state index >= 15 is 0 Å². The molecule has 0 heterocycles. The van der Waals surface area contributed by atoms with Crippen molar-refractivity contribution in [1.29, 1.82) is 0 Å². The molecule has 0 aliphatic heterocycles. The van der Waals surface area contributed by atoms with Crippen LogP contribution in [0.1, 0.15) is 11.1 Å². The third-order valence-electron chi connectivity index (χ3n) is 3.11. The van der Waals surface area contributed by atoms with E-state index in [1.807, 2.05) is 25.1 Å². The molecule has 0 aliphatic rings. The molecule has 0 fully saturated rings. The molecule has 23 heavy (non-hydrogen) atoms. The summed E-state index contributed by atoms with van der Waals surface area (Å²) >= 11 is 3.71. The number of rotatable bonds is 6. The SMILES string of the molecule is Cc1cc(I)ccc1NC(=O)CSCc1ccc([N+](=O)[O-])cc1. The summed E-state index contributed by atoms with van der Waals surface area (Å²) in [6.07, 6.45) is 0. The van der Waals surface area contributed by atoms with Crippen molar-refractivity contribution in [3.05, 3.63) is 67.3 Å². The standard InChI is InChI=1S/C16H15IN2O3S/c1-11-8-13(17)4-7-15(11)18-16(20)10-23-9-12-2-5-14(6-3-12)19(21)22/h2-8H,9-10H2,1H3,(H,18,20). The van der Waals surface area contributed by atoms with Gasteiger partial charge in [0.25, 0.3) is 5.69 Å². The molecular formula is C16H15IN2O3S. The fourth-order valence-electron chi connectivity index (χ4n) is 1.93. The molecule has 0 saturated heterocycles. The van der Waals surface area contributed by atoms with E-state index < -0.39 is 4.92 Å². The largest absolute Gasteiger partial charge is 0.325 e. The normalized spacial score (nSPS) is 10.3. The Morgan fingerprint density at radius 3 is 2.57 bits per heavy atom. The molecule has 2 aromatic rings. The predicted octanol–water partition coefficient (Wildman–Crippen LogP) is 4.38. The van der Waals surface area contributed by atoms with Crippen LogP contribution in [0, 0.1) is 20.6 Å². The molecule has 0 bridgehead atoms. The quantitative estimate of drug-likeness (QED) is 0.410. The number of anilines is 1. The van der Waals surface area contributed by atoms with E-state index in [0.29, 0.717) is 11.5 Å². The van der Waals surface area contributed by atoms with Crippen LogP contribution in [0.5, 0.6) is 0 Å². The van der Waals surface area contributed by atoms with E-state index in [1.165, 1.54) is 23.9 Å². The van der Waals surface area contributed by atoms with Crippen molar-refractivity contribution >= 4 is 51.6 Å². The van der Waals surface area contributed by atoms with Crippen LogP contribution < -0.4 is 5.32 Å². The van der Waals surface area contributed by atoms with Gasteiger partial charge in [0, 0.05) is 27.1 Å². The van der Waals surface area contributed by atoms with Crippen LogP contribution in [0.25, 0.3) is 0 Å². The second kappa shape index (κ2) is 8.30. The summed E-state index contributed by atoms with van der Waals surface area (Å²) in [6.45, 7) is 1.96. The molecular weight excluding hydrogens is 427 g/mol. The highest BCUT2D eigenvalue weighted by Crippen LogP contribution is 2.19. The van der Waals surface area contributed by atoms with Gasteiger partial charge in [0.2, 0.25) is 5.91 Å². The molecule has 1 amide bonds. The third kappa shape index (κ3) is 5.51. The summed E-state index contributed by atoms with van der Waals surface area (Å²) in [6, 6.07) is 12.2. The Hall–Kier alpha value is -1.61. The first-order chi connectivity index (χ1) is 11.0. The molecule has 7 heteroatoms. The number of carbonyl (C=O) groups excluding carboxylic acids is 1. The van der Waals surface area contributed by atoms with E-state index in [4.69, 9.17) is 0 Å². The zero-order chi connectivity index (χ0) is 16.8. The van der Waals surface area contributed by atoms with Crippen molar-refractivity contribution in [3.63, 3.8) is 0 Å². The second-order valence-corrected chi connectivity index (χ2v) is 7.16. The zero-order valence-electron chi connectivity index (χ0n) is 12.4. The van der Waals surface area contributed by atoms with Gasteiger partial charge < -0.3 is 5.32 Å². The minimum Gasteiger partial charge on any atom is -0.325 e. The van der Waals surface area contributed by atoms with Crippen LogP contribution >= 0.6 is 34.4 Å². The minimum absolute atomic E-state index is 0.0544. The highest BCUT2D eigenvalue weighted by molar-refractivity contribution is 14.1. The van der Waals surface area contributed by atoms with Gasteiger partial charge >= 0.3 is 0 Å². The molecule has 0 atom stereocenters. The maximum Gasteiger partial charge on any atom is 0.269 e. The molecule has 120 valence electrons. The maximum absolute atomic E-state index is 12.0. The first-order valence-corrected chi connectivity index (χ1v) is 9.06. The summed E-state index contributed by atoms with van der Waals surface area (Å²) in [5.41, 5.74) is 2.89. The van der Waals surface area contributed by atoms with Crippen LogP contribution in [0.3, 0.4) is 0 Å². The summed E-state index contributed by atoms with van der Waals surface area (Å²) in [5.74, 6) is 0.917. The molecule has 5 nitrogen and oxygen atoms in total. The van der Waals surface area contributed by atoms with Gasteiger partial charge in [-0.2, -0.15) is 0 Å². The number of non-ortho nitro benzene ring substituents is 1. The predicted molar refractivity (Wildman–Crippen MR) is 102 cm³/mol. The van der Waals surface area contributed by atoms with Crippen molar-refractivity contribution in [2.45, 2.75) is 12.7 Å². The smallest absolute Gasteiger partial charge is 0.269 e. The Morgan fingerprint density at radius 1 is 1.26 bits per heavy atom. The van der Waals surface area contributed by atoms with Gasteiger partial charge in [0.05, 0.1) is 10.7 Å². The number of amides is 1. The molecule has 0 saturated carbocycles. The fraction of sp³-hybridized carbons (Fsp3) is 0.188. The number of halogens is 1. The molecule has 0 spiro atoms. The first-order valence-electron chi connectivity index (χ1n) is 6.83. The number of hydrogen-bond acceptors (Lipinski definition) is 4. The molecule has 1 N–H and O–H groups in total. The van der Waals surface area contributed by atoms with Crippen LogP contribution in [0.15, 0.2) is 42.5 Å². The van der Waals surface area contributed by atoms with Gasteiger partial charge in [0.1, 0.15) is 0 Å². The minimum atomic E-state index is -0.423. The lowest BCUT2D eigenvalue weighted by Gasteiger charge is -2.08. The number of hydrogen-bond donors (Lipinski definition) is 1. The average molecular weight is 442 g/mol. The molecule has 0 unspecified atom stereocenters. The molecule has 0 radical (unpaired) electrons. The van der Waals surface area contributed by atoms with Gasteiger partial charge in [-0.3, -0.25) is 14.9 Å². The monoisotopic (exact) mass is 442 g/mol. The van der Waals surface area contributed by atoms with Crippen LogP contribution in [-0.2, 0) is 10.5 Å². The van der Waals surface area contributed by atoms with Crippen LogP contribution in [0.2, 0.25) is 0 Å². The van der Waals surface area contributed by atoms with Crippen LogP contribution in [-0.4, -0.2) is 16.6 Å². The van der Waals surface area contributed by atoms with Gasteiger partial charge in [-0.15, -0.1) is 11.8 Å². The topological polar surface area (TPSA) is 72.2 Å². The van der Waals surface area contributed by atoms with Crippen molar-refractivity contribution in [2.24, 2.45) is 0 Å². The first kappa shape index (κ1) is 17.7. The molecule has 0 aliphatic carbocycles. The third-order valence-corrected chi connectivity index (χ3v) is 4.79.